The van der Waals surface area contributed by atoms with E-state index < -0.39 is 57.8 Å². The monoisotopic (exact) mass is 882 g/mol. The van der Waals surface area contributed by atoms with Crippen molar-refractivity contribution < 1.29 is 42.3 Å². The molecule has 2 aliphatic rings. The molecule has 4 amide bonds. The fourth-order valence-corrected chi connectivity index (χ4v) is 8.78. The van der Waals surface area contributed by atoms with Gasteiger partial charge < -0.3 is 48.0 Å². The van der Waals surface area contributed by atoms with Crippen LogP contribution in [0, 0.1) is 17.8 Å². The predicted molar refractivity (Wildman–Crippen MR) is 232 cm³/mol. The first-order valence-electron chi connectivity index (χ1n) is 20.2. The number of methoxy groups -OCH3 is 1. The van der Waals surface area contributed by atoms with Crippen molar-refractivity contribution in [3.05, 3.63) is 82.0 Å². The summed E-state index contributed by atoms with van der Waals surface area (Å²) in [4.78, 5) is 58.3. The van der Waals surface area contributed by atoms with Crippen molar-refractivity contribution in [1.82, 2.24) is 19.6 Å². The Morgan fingerprint density at radius 2 is 1.75 bits per heavy atom. The highest BCUT2D eigenvalue weighted by Crippen LogP contribution is 2.36. The van der Waals surface area contributed by atoms with E-state index >= 15 is 0 Å². The van der Waals surface area contributed by atoms with Crippen LogP contribution >= 0.6 is 11.6 Å². The third kappa shape index (κ3) is 11.8. The molecule has 2 aliphatic heterocycles. The van der Waals surface area contributed by atoms with E-state index in [1.54, 1.807) is 51.4 Å². The molecule has 0 fully saturated rings. The highest BCUT2D eigenvalue weighted by molar-refractivity contribution is 7.76. The van der Waals surface area contributed by atoms with Crippen LogP contribution in [-0.2, 0) is 49.1 Å². The maximum absolute atomic E-state index is 14.5. The number of aromatic nitrogens is 2. The highest BCUT2D eigenvalue weighted by Gasteiger charge is 2.33. The number of rotatable bonds is 8. The zero-order valence-corrected chi connectivity index (χ0v) is 37.6. The SMILES string of the molecule is CO[C@H]1/C=C/[C@H](OC(=O)N(C)C)[C@H](C)C(C(=O)N(C)CCOc2nn(C)cc2C(N)=O)[S-](=O)=NC(=O)c2ccc3c(c2)N(Cc2ccc(Cl)cc2CCCCO3)C[C@H](C)[C@H]1C. The summed E-state index contributed by atoms with van der Waals surface area (Å²) in [6, 6.07) is 10.9. The second-order valence-electron chi connectivity index (χ2n) is 15.9. The molecule has 6 atom stereocenters. The molecule has 2 bridgehead atoms. The number of hydrogen-bond acceptors (Lipinski definition) is 12. The van der Waals surface area contributed by atoms with Gasteiger partial charge in [-0.2, -0.15) is 10.6 Å². The molecule has 1 aromatic heterocycles. The van der Waals surface area contributed by atoms with Gasteiger partial charge in [-0.25, -0.2) is 4.79 Å². The third-order valence-corrected chi connectivity index (χ3v) is 12.8. The summed E-state index contributed by atoms with van der Waals surface area (Å²) in [6.45, 7) is 7.12. The van der Waals surface area contributed by atoms with Crippen molar-refractivity contribution in [3.8, 4) is 11.6 Å². The minimum atomic E-state index is -2.50. The lowest BCUT2D eigenvalue weighted by Gasteiger charge is -2.35. The van der Waals surface area contributed by atoms with Crippen LogP contribution in [0.25, 0.3) is 0 Å². The molecule has 5 rings (SSSR count). The number of likely N-dealkylation sites (N-methyl/N-ethyl adjacent to an activating group) is 1. The van der Waals surface area contributed by atoms with Crippen molar-refractivity contribution in [2.75, 3.05) is 59.5 Å². The number of nitrogens with two attached hydrogens (primary N) is 1. The van der Waals surface area contributed by atoms with E-state index in [4.69, 9.17) is 36.3 Å². The van der Waals surface area contributed by atoms with E-state index in [2.05, 4.69) is 28.2 Å². The Bertz CT molecular complexity index is 2190. The Morgan fingerprint density at radius 1 is 1.02 bits per heavy atom. The van der Waals surface area contributed by atoms with Crippen LogP contribution in [-0.4, -0.2) is 115 Å². The maximum Gasteiger partial charge on any atom is 0.409 e. The van der Waals surface area contributed by atoms with Gasteiger partial charge in [0.05, 0.1) is 24.9 Å². The Labute approximate surface area is 364 Å². The molecule has 18 heteroatoms. The molecule has 0 spiro atoms. The van der Waals surface area contributed by atoms with Crippen LogP contribution in [0.2, 0.25) is 5.02 Å². The van der Waals surface area contributed by atoms with Gasteiger partial charge in [-0.3, -0.25) is 19.1 Å². The molecule has 0 saturated heterocycles. The minimum Gasteiger partial charge on any atom is -0.491 e. The van der Waals surface area contributed by atoms with Gasteiger partial charge in [0.25, 0.3) is 11.8 Å². The lowest BCUT2D eigenvalue weighted by atomic mass is 9.88. The van der Waals surface area contributed by atoms with Crippen LogP contribution in [0.1, 0.15) is 65.5 Å². The average molecular weight is 883 g/mol. The molecule has 16 nitrogen and oxygen atoms in total. The van der Waals surface area contributed by atoms with Crippen LogP contribution in [0.4, 0.5) is 10.5 Å². The lowest BCUT2D eigenvalue weighted by Crippen LogP contribution is -2.46. The molecule has 332 valence electrons. The number of primary amides is 1. The first-order chi connectivity index (χ1) is 29.0. The summed E-state index contributed by atoms with van der Waals surface area (Å²) in [5.41, 5.74) is 8.56. The fourth-order valence-electron chi connectivity index (χ4n) is 7.33. The highest BCUT2D eigenvalue weighted by atomic mass is 35.5. The van der Waals surface area contributed by atoms with Gasteiger partial charge in [0.15, 0.2) is 0 Å². The average Bonchev–Trinajstić information content (AvgIpc) is 3.59. The molecule has 1 unspecified atom stereocenters. The van der Waals surface area contributed by atoms with Crippen molar-refractivity contribution >= 4 is 51.7 Å². The standard InChI is InChI=1S/C43H57ClN7O9S/c1-26-23-51-24-31-12-14-32(44)21-29(31)11-9-10-19-58-37-15-13-30(22-34(37)51)40(53)47-61(56)38(28(3)36(60-43(55)48(4)5)17-16-35(57-8)27(26)2)42(54)49(6)18-20-59-41-33(39(45)52)25-50(7)46-41/h12-17,21-22,25-28,35-36,38H,9-11,18-20,23-24H2,1-8H3,(H2,45,52)/q-1/b17-16+/t26-,27+,28-,35-,36-,38?/m0/s1. The number of fused-ring (bicyclic) bond motifs is 2. The first kappa shape index (κ1) is 46.9. The van der Waals surface area contributed by atoms with Gasteiger partial charge in [0.2, 0.25) is 11.8 Å². The van der Waals surface area contributed by atoms with E-state index in [1.807, 2.05) is 18.2 Å². The number of ether oxygens (including phenoxy) is 4. The van der Waals surface area contributed by atoms with Gasteiger partial charge in [-0.15, -0.1) is 5.10 Å². The number of carbonyl (C=O) groups is 4. The molecule has 0 saturated carbocycles. The second-order valence-corrected chi connectivity index (χ2v) is 17.6. The van der Waals surface area contributed by atoms with Crippen LogP contribution in [0.5, 0.6) is 11.6 Å². The van der Waals surface area contributed by atoms with Crippen molar-refractivity contribution in [2.45, 2.75) is 64.0 Å². The van der Waals surface area contributed by atoms with E-state index in [0.29, 0.717) is 36.2 Å². The number of hydrogen-bond donors (Lipinski definition) is 1. The molecular formula is C43H57ClN7O9S-. The predicted octanol–water partition coefficient (Wildman–Crippen LogP) is 5.65. The van der Waals surface area contributed by atoms with Crippen molar-refractivity contribution in [1.29, 1.82) is 0 Å². The third-order valence-electron chi connectivity index (χ3n) is 11.2. The van der Waals surface area contributed by atoms with Crippen LogP contribution in [0.3, 0.4) is 0 Å². The molecule has 2 N–H and O–H groups in total. The number of carbonyl (C=O) groups excluding carboxylic acids is 4. The number of benzene rings is 2. The summed E-state index contributed by atoms with van der Waals surface area (Å²) in [5, 5.41) is 3.30. The Morgan fingerprint density at radius 3 is 2.46 bits per heavy atom. The Balaban J connectivity index is 1.61. The van der Waals surface area contributed by atoms with E-state index in [-0.39, 0.29) is 42.0 Å². The van der Waals surface area contributed by atoms with Gasteiger partial charge in [0.1, 0.15) is 24.0 Å². The van der Waals surface area contributed by atoms with E-state index in [0.717, 1.165) is 30.4 Å². The molecule has 2 aromatic carbocycles. The topological polar surface area (TPSA) is 188 Å². The molecular weight excluding hydrogens is 826 g/mol. The van der Waals surface area contributed by atoms with Crippen LogP contribution in [0.15, 0.2) is 59.1 Å². The first-order valence-corrected chi connectivity index (χ1v) is 21.8. The van der Waals surface area contributed by atoms with Crippen LogP contribution < -0.4 is 20.1 Å². The summed E-state index contributed by atoms with van der Waals surface area (Å²) in [6.07, 6.45) is 5.08. The fraction of sp³-hybridized carbons (Fsp3) is 0.512. The van der Waals surface area contributed by atoms with E-state index in [1.165, 1.54) is 41.8 Å². The van der Waals surface area contributed by atoms with Gasteiger partial charge in [0, 0.05) is 70.4 Å². The molecule has 61 heavy (non-hydrogen) atoms. The second kappa shape index (κ2) is 21.1. The smallest absolute Gasteiger partial charge is 0.409 e. The summed E-state index contributed by atoms with van der Waals surface area (Å²) in [5.74, 6) is -2.71. The van der Waals surface area contributed by atoms with E-state index in [9.17, 15) is 23.4 Å². The zero-order valence-electron chi connectivity index (χ0n) is 36.0. The Hall–Kier alpha value is -5.13. The van der Waals surface area contributed by atoms with Gasteiger partial charge in [-0.05, 0) is 84.6 Å². The number of nitrogens with zero attached hydrogens (tertiary/aromatic N) is 6. The minimum absolute atomic E-state index is 0.00850. The number of anilines is 1. The molecule has 3 heterocycles. The summed E-state index contributed by atoms with van der Waals surface area (Å²) < 4.78 is 44.0. The largest absolute Gasteiger partial charge is 0.491 e. The van der Waals surface area contributed by atoms with Gasteiger partial charge in [-0.1, -0.05) is 44.5 Å². The maximum atomic E-state index is 14.5. The zero-order chi connectivity index (χ0) is 44.5. The number of aryl methyl sites for hydroxylation is 2. The van der Waals surface area contributed by atoms with Gasteiger partial charge >= 0.3 is 6.09 Å². The number of amides is 4. The van der Waals surface area contributed by atoms with Crippen molar-refractivity contribution in [3.63, 3.8) is 0 Å². The van der Waals surface area contributed by atoms with Crippen molar-refractivity contribution in [2.24, 2.45) is 34.9 Å². The summed E-state index contributed by atoms with van der Waals surface area (Å²) in [7, 11) is 5.23. The summed E-state index contributed by atoms with van der Waals surface area (Å²) >= 11 is 6.48. The quantitative estimate of drug-likeness (QED) is 0.218. The normalized spacial score (nSPS) is 23.3. The number of halogens is 1. The lowest BCUT2D eigenvalue weighted by molar-refractivity contribution is -0.131. The molecule has 0 aliphatic carbocycles. The molecule has 3 aromatic rings. The molecule has 0 radical (unpaired) electrons. The Kier molecular flexibility index (Phi) is 16.2.